The Balaban J connectivity index is 0.000000500. The van der Waals surface area contributed by atoms with E-state index in [4.69, 9.17) is 4.74 Å². The summed E-state index contributed by atoms with van der Waals surface area (Å²) in [6.45, 7) is 3.13. The molecule has 0 aromatic heterocycles. The van der Waals surface area contributed by atoms with Crippen LogP contribution in [0.1, 0.15) is 19.4 Å². The van der Waals surface area contributed by atoms with Gasteiger partial charge in [-0.15, -0.1) is 0 Å². The summed E-state index contributed by atoms with van der Waals surface area (Å²) >= 11 is 0. The first kappa shape index (κ1) is 12.9. The van der Waals surface area contributed by atoms with E-state index in [0.29, 0.717) is 0 Å². The van der Waals surface area contributed by atoms with Crippen molar-refractivity contribution < 1.29 is 13.5 Å². The summed E-state index contributed by atoms with van der Waals surface area (Å²) in [5, 5.41) is 0. The highest BCUT2D eigenvalue weighted by Crippen LogP contribution is 2.11. The largest absolute Gasteiger partial charge is 0.494 e. The van der Waals surface area contributed by atoms with Crippen LogP contribution in [0.4, 0.5) is 8.78 Å². The van der Waals surface area contributed by atoms with Crippen molar-refractivity contribution >= 4 is 0 Å². The first-order valence-electron chi connectivity index (χ1n) is 4.62. The van der Waals surface area contributed by atoms with Crippen molar-refractivity contribution in [1.29, 1.82) is 0 Å². The molecule has 3 heteroatoms. The summed E-state index contributed by atoms with van der Waals surface area (Å²) in [5.74, 6) is 0.963. The van der Waals surface area contributed by atoms with Crippen molar-refractivity contribution in [1.82, 2.24) is 0 Å². The Morgan fingerprint density at radius 1 is 1.07 bits per heavy atom. The van der Waals surface area contributed by atoms with Gasteiger partial charge in [0.05, 0.1) is 6.61 Å². The molecule has 1 aromatic carbocycles. The second kappa shape index (κ2) is 8.48. The van der Waals surface area contributed by atoms with E-state index in [1.807, 2.05) is 19.1 Å². The van der Waals surface area contributed by atoms with Gasteiger partial charge in [0.2, 0.25) is 6.93 Å². The summed E-state index contributed by atoms with van der Waals surface area (Å²) in [7, 11) is 0. The molecule has 1 rings (SSSR count). The molecule has 0 atom stereocenters. The van der Waals surface area contributed by atoms with Crippen LogP contribution >= 0.6 is 0 Å². The molecule has 0 fully saturated rings. The smallest absolute Gasteiger partial charge is 0.229 e. The summed E-state index contributed by atoms with van der Waals surface area (Å²) in [6.07, 6.45) is 1.09. The third-order valence-corrected chi connectivity index (χ3v) is 1.64. The van der Waals surface area contributed by atoms with E-state index < -0.39 is 6.93 Å². The predicted octanol–water partition coefficient (Wildman–Crippen LogP) is 3.53. The maximum atomic E-state index is 9.62. The van der Waals surface area contributed by atoms with E-state index in [0.717, 1.165) is 18.8 Å². The summed E-state index contributed by atoms with van der Waals surface area (Å²) in [5.41, 5.74) is 1.36. The monoisotopic (exact) mass is 202 g/mol. The van der Waals surface area contributed by atoms with Crippen LogP contribution in [0.2, 0.25) is 0 Å². The Morgan fingerprint density at radius 3 is 1.93 bits per heavy atom. The molecule has 1 aromatic rings. The Hall–Kier alpha value is -1.12. The number of alkyl halides is 2. The molecule has 0 N–H and O–H groups in total. The normalized spacial score (nSPS) is 8.86. The second-order valence-corrected chi connectivity index (χ2v) is 2.53. The number of hydrogen-bond acceptors (Lipinski definition) is 1. The van der Waals surface area contributed by atoms with E-state index in [1.54, 1.807) is 0 Å². The number of rotatable bonds is 3. The van der Waals surface area contributed by atoms with Gasteiger partial charge in [0.1, 0.15) is 5.75 Å². The van der Waals surface area contributed by atoms with Crippen molar-refractivity contribution in [3.05, 3.63) is 29.8 Å². The Morgan fingerprint density at radius 2 is 1.57 bits per heavy atom. The molecule has 0 saturated carbocycles. The first-order chi connectivity index (χ1) is 6.78. The lowest BCUT2D eigenvalue weighted by molar-refractivity contribution is 0.295. The van der Waals surface area contributed by atoms with Crippen molar-refractivity contribution in [2.24, 2.45) is 0 Å². The zero-order chi connectivity index (χ0) is 10.8. The zero-order valence-electron chi connectivity index (χ0n) is 8.59. The molecule has 0 unspecified atom stereocenters. The number of halogens is 2. The molecule has 0 saturated heterocycles. The molecule has 14 heavy (non-hydrogen) atoms. The molecule has 80 valence electrons. The second-order valence-electron chi connectivity index (χ2n) is 2.53. The average Bonchev–Trinajstić information content (AvgIpc) is 2.21. The summed E-state index contributed by atoms with van der Waals surface area (Å²) < 4.78 is 24.6. The van der Waals surface area contributed by atoms with Gasteiger partial charge >= 0.3 is 0 Å². The van der Waals surface area contributed by atoms with Crippen molar-refractivity contribution in [2.45, 2.75) is 20.3 Å². The molecular weight excluding hydrogens is 186 g/mol. The van der Waals surface area contributed by atoms with Crippen LogP contribution in [0, 0.1) is 0 Å². The zero-order valence-corrected chi connectivity index (χ0v) is 8.59. The Labute approximate surface area is 83.7 Å². The first-order valence-corrected chi connectivity index (χ1v) is 4.62. The molecule has 0 bridgehead atoms. The van der Waals surface area contributed by atoms with Crippen LogP contribution in [-0.2, 0) is 6.42 Å². The quantitative estimate of drug-likeness (QED) is 0.728. The van der Waals surface area contributed by atoms with Gasteiger partial charge in [0.15, 0.2) is 0 Å². The minimum Gasteiger partial charge on any atom is -0.494 e. The molecule has 0 radical (unpaired) electrons. The molecule has 0 aliphatic carbocycles. The van der Waals surface area contributed by atoms with Gasteiger partial charge in [-0.3, -0.25) is 0 Å². The minimum absolute atomic E-state index is 0.742. The van der Waals surface area contributed by atoms with E-state index in [9.17, 15) is 8.78 Å². The van der Waals surface area contributed by atoms with E-state index in [1.165, 1.54) is 5.56 Å². The highest BCUT2D eigenvalue weighted by Gasteiger charge is 1.90. The van der Waals surface area contributed by atoms with Crippen LogP contribution < -0.4 is 4.74 Å². The lowest BCUT2D eigenvalue weighted by Crippen LogP contribution is -1.90. The van der Waals surface area contributed by atoms with E-state index in [-0.39, 0.29) is 0 Å². The lowest BCUT2D eigenvalue weighted by Gasteiger charge is -2.02. The third kappa shape index (κ3) is 5.51. The van der Waals surface area contributed by atoms with Gasteiger partial charge in [-0.25, -0.2) is 8.78 Å². The highest BCUT2D eigenvalue weighted by atomic mass is 19.3. The van der Waals surface area contributed by atoms with Crippen molar-refractivity contribution in [2.75, 3.05) is 13.5 Å². The molecule has 0 heterocycles. The lowest BCUT2D eigenvalue weighted by atomic mass is 10.2. The fraction of sp³-hybridized carbons (Fsp3) is 0.455. The van der Waals surface area contributed by atoms with Gasteiger partial charge in [-0.05, 0) is 31.0 Å². The molecule has 0 aliphatic heterocycles. The van der Waals surface area contributed by atoms with Gasteiger partial charge in [-0.1, -0.05) is 19.1 Å². The molecule has 0 spiro atoms. The Bertz CT molecular complexity index is 221. The highest BCUT2D eigenvalue weighted by molar-refractivity contribution is 5.27. The van der Waals surface area contributed by atoms with E-state index >= 15 is 0 Å². The number of hydrogen-bond donors (Lipinski definition) is 0. The fourth-order valence-electron chi connectivity index (χ4n) is 0.988. The third-order valence-electron chi connectivity index (χ3n) is 1.64. The van der Waals surface area contributed by atoms with Gasteiger partial charge < -0.3 is 4.74 Å². The predicted molar refractivity (Wildman–Crippen MR) is 54.1 cm³/mol. The average molecular weight is 202 g/mol. The van der Waals surface area contributed by atoms with Crippen molar-refractivity contribution in [3.63, 3.8) is 0 Å². The maximum Gasteiger partial charge on any atom is 0.229 e. The van der Waals surface area contributed by atoms with Gasteiger partial charge in [-0.2, -0.15) is 0 Å². The number of benzene rings is 1. The van der Waals surface area contributed by atoms with Gasteiger partial charge in [0.25, 0.3) is 0 Å². The van der Waals surface area contributed by atoms with Crippen LogP contribution in [-0.4, -0.2) is 13.5 Å². The standard InChI is InChI=1S/C10H14O.CH2F2/c1-3-9-5-7-10(8-6-9)11-4-2;2-1-3/h5-8H,3-4H2,1-2H3;1H2. The SMILES string of the molecule is CCOc1ccc(CC)cc1.FCF. The number of aryl methyl sites for hydroxylation is 1. The Kier molecular flexibility index (Phi) is 7.80. The molecule has 0 aliphatic rings. The fourth-order valence-corrected chi connectivity index (χ4v) is 0.988. The van der Waals surface area contributed by atoms with Crippen LogP contribution in [0.3, 0.4) is 0 Å². The topological polar surface area (TPSA) is 9.23 Å². The van der Waals surface area contributed by atoms with Gasteiger partial charge in [0, 0.05) is 0 Å². The van der Waals surface area contributed by atoms with Crippen LogP contribution in [0.5, 0.6) is 5.75 Å². The van der Waals surface area contributed by atoms with Crippen LogP contribution in [0.25, 0.3) is 0 Å². The summed E-state index contributed by atoms with van der Waals surface area (Å²) in [4.78, 5) is 0. The minimum atomic E-state index is -1.75. The summed E-state index contributed by atoms with van der Waals surface area (Å²) in [6, 6.07) is 8.24. The van der Waals surface area contributed by atoms with E-state index in [2.05, 4.69) is 19.1 Å². The molecule has 0 amide bonds. The molecule has 1 nitrogen and oxygen atoms in total. The van der Waals surface area contributed by atoms with Crippen LogP contribution in [0.15, 0.2) is 24.3 Å². The maximum absolute atomic E-state index is 9.62. The number of ether oxygens (including phenoxy) is 1. The molecular formula is C11H16F2O. The van der Waals surface area contributed by atoms with Crippen molar-refractivity contribution in [3.8, 4) is 5.75 Å².